The van der Waals surface area contributed by atoms with E-state index in [0.717, 1.165) is 45.5 Å². The van der Waals surface area contributed by atoms with Crippen LogP contribution in [0.3, 0.4) is 0 Å². The number of thiophene rings is 1. The molecule has 3 aromatic heterocycles. The largest absolute Gasteiger partial charge is 0.634 e. The highest BCUT2D eigenvalue weighted by molar-refractivity contribution is 7.18. The zero-order valence-electron chi connectivity index (χ0n) is 29.5. The second-order valence-corrected chi connectivity index (χ2v) is 15.5. The Kier molecular flexibility index (Phi) is 8.53. The highest BCUT2D eigenvalue weighted by Gasteiger charge is 2.52. The Morgan fingerprint density at radius 3 is 2.79 bits per heavy atom. The first-order valence-corrected chi connectivity index (χ1v) is 18.9. The van der Waals surface area contributed by atoms with Gasteiger partial charge in [-0.3, -0.25) is 9.67 Å². The van der Waals surface area contributed by atoms with Crippen molar-refractivity contribution >= 4 is 44.1 Å². The summed E-state index contributed by atoms with van der Waals surface area (Å²) in [7, 11) is 1.88. The summed E-state index contributed by atoms with van der Waals surface area (Å²) >= 11 is 1.44. The molecule has 2 fully saturated rings. The van der Waals surface area contributed by atoms with E-state index in [0.29, 0.717) is 41.3 Å². The molecule has 9 nitrogen and oxygen atoms in total. The topological polar surface area (TPSA) is 98.3 Å². The number of allylic oxidation sites excluding steroid dienone is 1. The Balaban J connectivity index is 1.34. The molecule has 5 aromatic rings. The summed E-state index contributed by atoms with van der Waals surface area (Å²) in [4.78, 5) is 10.6. The maximum atomic E-state index is 16.5. The van der Waals surface area contributed by atoms with Crippen molar-refractivity contribution in [2.45, 2.75) is 44.3 Å². The van der Waals surface area contributed by atoms with Crippen LogP contribution in [0.4, 0.5) is 8.78 Å². The fourth-order valence-electron chi connectivity index (χ4n) is 8.79. The fraction of sp³-hybridized carbons (Fsp3) is 0.341. The molecular weight excluding hydrogens is 697 g/mol. The van der Waals surface area contributed by atoms with Crippen LogP contribution < -0.4 is 14.5 Å². The second kappa shape index (κ2) is 13.3. The van der Waals surface area contributed by atoms with Crippen molar-refractivity contribution < 1.29 is 28.1 Å². The third-order valence-corrected chi connectivity index (χ3v) is 12.4. The average Bonchev–Trinajstić information content (AvgIpc) is 3.86. The molecular formula is C41H39F2N5O4S. The Bertz CT molecular complexity index is 2370. The van der Waals surface area contributed by atoms with Crippen LogP contribution in [-0.4, -0.2) is 65.5 Å². The van der Waals surface area contributed by atoms with Crippen LogP contribution in [-0.2, 0) is 11.8 Å². The molecule has 0 aliphatic carbocycles. The lowest BCUT2D eigenvalue weighted by Crippen LogP contribution is -3.13. The van der Waals surface area contributed by atoms with Crippen molar-refractivity contribution in [1.29, 1.82) is 0 Å². The number of rotatable bonds is 2. The minimum Gasteiger partial charge on any atom is -0.634 e. The number of nitrogens with zero attached hydrogens (tertiary/aromatic N) is 4. The van der Waals surface area contributed by atoms with Crippen molar-refractivity contribution in [3.63, 3.8) is 0 Å². The first-order valence-electron chi connectivity index (χ1n) is 18.0. The van der Waals surface area contributed by atoms with Crippen molar-refractivity contribution in [2.75, 3.05) is 26.4 Å². The SMILES string of the molecule is C=CC1(C)C[C@@H]2CC[C@H](C3C=C(c4nc5c6ccsc6c4-c4c(F)cc(F)cc4OCCOC/C=C/COc4cc6c(cnn6C)cc4-5)C=NC31)[NH+]2[O-]. The molecule has 12 heteroatoms. The van der Waals surface area contributed by atoms with E-state index in [-0.39, 0.29) is 65.7 Å². The number of dihydropyridines is 1. The van der Waals surface area contributed by atoms with Crippen LogP contribution in [0, 0.1) is 28.2 Å². The number of nitrogens with one attached hydrogen (secondary N) is 1. The van der Waals surface area contributed by atoms with Crippen LogP contribution in [0.5, 0.6) is 11.5 Å². The monoisotopic (exact) mass is 735 g/mol. The zero-order valence-corrected chi connectivity index (χ0v) is 30.3. The van der Waals surface area contributed by atoms with Gasteiger partial charge in [0.2, 0.25) is 0 Å². The number of hydrogen-bond donors (Lipinski definition) is 1. The molecule has 2 aromatic carbocycles. The van der Waals surface area contributed by atoms with Gasteiger partial charge in [0.15, 0.2) is 0 Å². The summed E-state index contributed by atoms with van der Waals surface area (Å²) in [5.74, 6) is -1.09. The minimum atomic E-state index is -0.776. The Morgan fingerprint density at radius 1 is 1.06 bits per heavy atom. The molecule has 7 heterocycles. The maximum absolute atomic E-state index is 16.5. The predicted octanol–water partition coefficient (Wildman–Crippen LogP) is 7.10. The third-order valence-electron chi connectivity index (χ3n) is 11.5. The number of aryl methyl sites for hydroxylation is 1. The summed E-state index contributed by atoms with van der Waals surface area (Å²) in [6, 6.07) is 7.64. The Morgan fingerprint density at radius 2 is 1.92 bits per heavy atom. The van der Waals surface area contributed by atoms with Crippen LogP contribution in [0.2, 0.25) is 0 Å². The number of aliphatic imine (C=N–C) groups is 1. The van der Waals surface area contributed by atoms with Crippen molar-refractivity contribution in [3.8, 4) is 33.9 Å². The van der Waals surface area contributed by atoms with Crippen molar-refractivity contribution in [2.24, 2.45) is 23.4 Å². The number of ether oxygens (including phenoxy) is 3. The van der Waals surface area contributed by atoms with E-state index in [2.05, 4.69) is 24.7 Å². The quantitative estimate of drug-likeness (QED) is 0.154. The van der Waals surface area contributed by atoms with E-state index in [1.807, 2.05) is 55.1 Å². The first-order chi connectivity index (χ1) is 25.7. The van der Waals surface area contributed by atoms with Gasteiger partial charge < -0.3 is 24.5 Å². The van der Waals surface area contributed by atoms with E-state index >= 15 is 4.39 Å². The van der Waals surface area contributed by atoms with Gasteiger partial charge in [0.05, 0.1) is 65.9 Å². The van der Waals surface area contributed by atoms with Crippen LogP contribution in [0.25, 0.3) is 48.9 Å². The minimum absolute atomic E-state index is 0.0212. The molecule has 0 saturated carbocycles. The number of pyridine rings is 1. The summed E-state index contributed by atoms with van der Waals surface area (Å²) in [5, 5.41) is 22.2. The predicted molar refractivity (Wildman–Crippen MR) is 203 cm³/mol. The molecule has 4 aliphatic heterocycles. The Hall–Kier alpha value is -4.75. The fourth-order valence-corrected chi connectivity index (χ4v) is 9.74. The number of halogens is 2. The van der Waals surface area contributed by atoms with Gasteiger partial charge in [-0.25, -0.2) is 13.8 Å². The van der Waals surface area contributed by atoms with Crippen molar-refractivity contribution in [3.05, 3.63) is 95.3 Å². The zero-order chi connectivity index (χ0) is 36.4. The third kappa shape index (κ3) is 5.70. The molecule has 1 N–H and O–H groups in total. The maximum Gasteiger partial charge on any atom is 0.137 e. The number of aromatic nitrogens is 3. The Labute approximate surface area is 309 Å². The normalized spacial score (nSPS) is 27.6. The van der Waals surface area contributed by atoms with Crippen LogP contribution in [0.1, 0.15) is 31.9 Å². The molecule has 0 radical (unpaired) electrons. The molecule has 4 bridgehead atoms. The van der Waals surface area contributed by atoms with E-state index in [4.69, 9.17) is 24.2 Å². The van der Waals surface area contributed by atoms with E-state index in [1.54, 1.807) is 10.9 Å². The molecule has 4 unspecified atom stereocenters. The van der Waals surface area contributed by atoms with Gasteiger partial charge in [-0.05, 0) is 23.6 Å². The molecule has 9 rings (SSSR count). The molecule has 2 saturated heterocycles. The summed E-state index contributed by atoms with van der Waals surface area (Å²) in [6.45, 7) is 7.19. The number of fused-ring (bicyclic) bond motifs is 9. The van der Waals surface area contributed by atoms with Gasteiger partial charge >= 0.3 is 0 Å². The summed E-state index contributed by atoms with van der Waals surface area (Å²) in [5.41, 5.74) is 3.56. The van der Waals surface area contributed by atoms with Crippen LogP contribution >= 0.6 is 11.3 Å². The summed E-state index contributed by atoms with van der Waals surface area (Å²) < 4.78 is 52.2. The number of quaternary nitrogens is 1. The van der Waals surface area contributed by atoms with E-state index < -0.39 is 11.6 Å². The second-order valence-electron chi connectivity index (χ2n) is 14.6. The first kappa shape index (κ1) is 34.0. The lowest BCUT2D eigenvalue weighted by Gasteiger charge is -2.38. The molecule has 6 atom stereocenters. The van der Waals surface area contributed by atoms with Gasteiger partial charge in [0, 0.05) is 88.3 Å². The van der Waals surface area contributed by atoms with Gasteiger partial charge in [0.1, 0.15) is 36.3 Å². The van der Waals surface area contributed by atoms with Crippen LogP contribution in [0.15, 0.2) is 77.8 Å². The lowest BCUT2D eigenvalue weighted by atomic mass is 9.68. The average molecular weight is 736 g/mol. The van der Waals surface area contributed by atoms with E-state index in [9.17, 15) is 9.60 Å². The van der Waals surface area contributed by atoms with Gasteiger partial charge in [0.25, 0.3) is 0 Å². The lowest BCUT2D eigenvalue weighted by molar-refractivity contribution is -0.888. The number of hydrogen-bond acceptors (Lipinski definition) is 8. The molecule has 53 heavy (non-hydrogen) atoms. The van der Waals surface area contributed by atoms with Gasteiger partial charge in [-0.1, -0.05) is 25.2 Å². The molecule has 0 spiro atoms. The standard InChI is InChI=1S/C41H39F2N5O4S/c1-4-41(2)20-26-7-8-31(48(26)49)28-16-24(21-44-40(28)41)37-36-35-30(43)17-25(42)18-34(35)52-13-12-50-10-5-6-11-51-33-19-32-23(22-45-47(32)3)15-29(33)38(46-37)27-9-14-53-39(27)36/h4-6,9,14-19,21-22,26,28,31,40,48H,1,7-8,10-13,20H2,2-3H3/b6-5+/t26-,28?,31+,40?,41?/m0/s1. The van der Waals surface area contributed by atoms with E-state index in [1.165, 1.54) is 17.4 Å². The molecule has 272 valence electrons. The highest BCUT2D eigenvalue weighted by Crippen LogP contribution is 2.50. The smallest absolute Gasteiger partial charge is 0.137 e. The number of benzene rings is 2. The number of hydroxylamine groups is 2. The highest BCUT2D eigenvalue weighted by atomic mass is 32.1. The van der Waals surface area contributed by atoms with Gasteiger partial charge in [-0.15, -0.1) is 17.9 Å². The van der Waals surface area contributed by atoms with Gasteiger partial charge in [-0.2, -0.15) is 5.10 Å². The van der Waals surface area contributed by atoms with Crippen molar-refractivity contribution in [1.82, 2.24) is 14.8 Å². The molecule has 4 aliphatic rings. The summed E-state index contributed by atoms with van der Waals surface area (Å²) in [6.07, 6.45) is 13.8. The molecule has 0 amide bonds.